The number of benzene rings is 1. The van der Waals surface area contributed by atoms with Gasteiger partial charge in [-0.2, -0.15) is 0 Å². The zero-order valence-electron chi connectivity index (χ0n) is 6.58. The van der Waals surface area contributed by atoms with E-state index in [-0.39, 0.29) is 5.56 Å². The number of hydrogen-bond acceptors (Lipinski definition) is 3. The van der Waals surface area contributed by atoms with Crippen molar-refractivity contribution in [3.63, 3.8) is 0 Å². The second-order valence-electron chi connectivity index (χ2n) is 2.49. The lowest BCUT2D eigenvalue weighted by molar-refractivity contribution is 0.460. The van der Waals surface area contributed by atoms with Gasteiger partial charge in [0.2, 0.25) is 0 Å². The van der Waals surface area contributed by atoms with E-state index >= 15 is 0 Å². The van der Waals surface area contributed by atoms with Gasteiger partial charge >= 0.3 is 0 Å². The molecule has 1 aromatic carbocycles. The minimum Gasteiger partial charge on any atom is -0.508 e. The molecular formula is C7H6ClFO3S. The Balaban J connectivity index is 3.47. The van der Waals surface area contributed by atoms with Crippen molar-refractivity contribution >= 4 is 19.7 Å². The minimum absolute atomic E-state index is 0.0101. The van der Waals surface area contributed by atoms with Crippen LogP contribution in [0.1, 0.15) is 5.56 Å². The number of aromatic hydroxyl groups is 1. The molecule has 0 amide bonds. The van der Waals surface area contributed by atoms with E-state index in [9.17, 15) is 12.8 Å². The molecule has 0 saturated carbocycles. The Labute approximate surface area is 79.2 Å². The molecule has 0 bridgehead atoms. The van der Waals surface area contributed by atoms with Crippen molar-refractivity contribution in [2.75, 3.05) is 0 Å². The molecule has 6 heteroatoms. The third-order valence-corrected chi connectivity index (χ3v) is 2.91. The Kier molecular flexibility index (Phi) is 2.49. The van der Waals surface area contributed by atoms with Crippen molar-refractivity contribution < 1.29 is 17.9 Å². The fourth-order valence-electron chi connectivity index (χ4n) is 0.781. The van der Waals surface area contributed by atoms with E-state index in [1.165, 1.54) is 6.92 Å². The quantitative estimate of drug-likeness (QED) is 0.740. The molecule has 0 aliphatic heterocycles. The predicted molar refractivity (Wildman–Crippen MR) is 45.8 cm³/mol. The SMILES string of the molecule is Cc1c(O)cc(S(=O)(=O)Cl)cc1F. The number of rotatable bonds is 1. The van der Waals surface area contributed by atoms with Crippen LogP contribution in [0.3, 0.4) is 0 Å². The van der Waals surface area contributed by atoms with Gasteiger partial charge in [0.05, 0.1) is 4.90 Å². The average Bonchev–Trinajstić information content (AvgIpc) is 1.97. The zero-order chi connectivity index (χ0) is 10.2. The second-order valence-corrected chi connectivity index (χ2v) is 5.05. The maximum Gasteiger partial charge on any atom is 0.261 e. The molecule has 1 aromatic rings. The first-order valence-electron chi connectivity index (χ1n) is 3.26. The summed E-state index contributed by atoms with van der Waals surface area (Å²) in [5.74, 6) is -1.24. The van der Waals surface area contributed by atoms with Crippen molar-refractivity contribution in [2.24, 2.45) is 0 Å². The highest BCUT2D eigenvalue weighted by Crippen LogP contribution is 2.25. The van der Waals surface area contributed by atoms with Crippen molar-refractivity contribution in [1.82, 2.24) is 0 Å². The smallest absolute Gasteiger partial charge is 0.261 e. The van der Waals surface area contributed by atoms with Gasteiger partial charge in [-0.3, -0.25) is 0 Å². The van der Waals surface area contributed by atoms with E-state index < -0.39 is 25.5 Å². The van der Waals surface area contributed by atoms with Gasteiger partial charge in [0, 0.05) is 22.3 Å². The van der Waals surface area contributed by atoms with Crippen LogP contribution in [0.4, 0.5) is 4.39 Å². The van der Waals surface area contributed by atoms with E-state index in [0.717, 1.165) is 12.1 Å². The van der Waals surface area contributed by atoms with Crippen LogP contribution in [0.2, 0.25) is 0 Å². The Morgan fingerprint density at radius 1 is 1.46 bits per heavy atom. The normalized spacial score (nSPS) is 11.6. The standard InChI is InChI=1S/C7H6ClFO3S/c1-4-6(9)2-5(3-7(4)10)13(8,11)12/h2-3,10H,1H3. The Bertz CT molecular complexity index is 418. The van der Waals surface area contributed by atoms with E-state index in [1.807, 2.05) is 0 Å². The maximum absolute atomic E-state index is 12.9. The minimum atomic E-state index is -3.99. The summed E-state index contributed by atoms with van der Waals surface area (Å²) in [5, 5.41) is 9.08. The molecule has 0 saturated heterocycles. The molecule has 3 nitrogen and oxygen atoms in total. The van der Waals surface area contributed by atoms with Crippen LogP contribution in [-0.2, 0) is 9.05 Å². The molecule has 1 rings (SSSR count). The molecule has 0 aromatic heterocycles. The molecule has 0 heterocycles. The number of phenols is 1. The van der Waals surface area contributed by atoms with Gasteiger partial charge in [-0.15, -0.1) is 0 Å². The summed E-state index contributed by atoms with van der Waals surface area (Å²) in [7, 11) is 0.957. The molecule has 72 valence electrons. The highest BCUT2D eigenvalue weighted by molar-refractivity contribution is 8.13. The molecule has 0 radical (unpaired) electrons. The summed E-state index contributed by atoms with van der Waals surface area (Å²) >= 11 is 0. The molecule has 0 unspecified atom stereocenters. The summed E-state index contributed by atoms with van der Waals surface area (Å²) in [6.45, 7) is 1.33. The Hall–Kier alpha value is -0.810. The van der Waals surface area contributed by atoms with Gasteiger partial charge in [0.25, 0.3) is 9.05 Å². The van der Waals surface area contributed by atoms with Crippen molar-refractivity contribution in [3.05, 3.63) is 23.5 Å². The van der Waals surface area contributed by atoms with E-state index in [4.69, 9.17) is 15.8 Å². The molecule has 0 atom stereocenters. The van der Waals surface area contributed by atoms with Crippen molar-refractivity contribution in [2.45, 2.75) is 11.8 Å². The number of halogens is 2. The first kappa shape index (κ1) is 10.3. The van der Waals surface area contributed by atoms with Gasteiger partial charge in [-0.1, -0.05) is 0 Å². The first-order valence-corrected chi connectivity index (χ1v) is 5.57. The average molecular weight is 225 g/mol. The summed E-state index contributed by atoms with van der Waals surface area (Å²) in [6, 6.07) is 1.66. The zero-order valence-corrected chi connectivity index (χ0v) is 8.16. The second kappa shape index (κ2) is 3.16. The van der Waals surface area contributed by atoms with E-state index in [0.29, 0.717) is 0 Å². The number of phenolic OH excluding ortho intramolecular Hbond substituents is 1. The topological polar surface area (TPSA) is 54.4 Å². The molecule has 13 heavy (non-hydrogen) atoms. The van der Waals surface area contributed by atoms with E-state index in [2.05, 4.69) is 0 Å². The Morgan fingerprint density at radius 2 is 2.00 bits per heavy atom. The summed E-state index contributed by atoms with van der Waals surface area (Å²) in [5.41, 5.74) is -0.0101. The van der Waals surface area contributed by atoms with Crippen LogP contribution in [0.15, 0.2) is 17.0 Å². The van der Waals surface area contributed by atoms with Crippen LogP contribution >= 0.6 is 10.7 Å². The Morgan fingerprint density at radius 3 is 2.38 bits per heavy atom. The molecular weight excluding hydrogens is 219 g/mol. The largest absolute Gasteiger partial charge is 0.508 e. The highest BCUT2D eigenvalue weighted by Gasteiger charge is 2.14. The fraction of sp³-hybridized carbons (Fsp3) is 0.143. The van der Waals surface area contributed by atoms with Gasteiger partial charge < -0.3 is 5.11 Å². The summed E-state index contributed by atoms with van der Waals surface area (Å²) < 4.78 is 34.4. The lowest BCUT2D eigenvalue weighted by Gasteiger charge is -2.02. The van der Waals surface area contributed by atoms with Crippen LogP contribution in [0.5, 0.6) is 5.75 Å². The lowest BCUT2D eigenvalue weighted by Crippen LogP contribution is -1.93. The van der Waals surface area contributed by atoms with Gasteiger partial charge in [0.15, 0.2) is 0 Å². The third kappa shape index (κ3) is 2.10. The van der Waals surface area contributed by atoms with Crippen LogP contribution in [0, 0.1) is 12.7 Å². The summed E-state index contributed by atoms with van der Waals surface area (Å²) in [4.78, 5) is -0.449. The van der Waals surface area contributed by atoms with Crippen molar-refractivity contribution in [1.29, 1.82) is 0 Å². The lowest BCUT2D eigenvalue weighted by atomic mass is 10.2. The summed E-state index contributed by atoms with van der Waals surface area (Å²) in [6.07, 6.45) is 0. The highest BCUT2D eigenvalue weighted by atomic mass is 35.7. The number of hydrogen-bond donors (Lipinski definition) is 1. The van der Waals surface area contributed by atoms with Gasteiger partial charge in [-0.05, 0) is 13.0 Å². The maximum atomic E-state index is 12.9. The van der Waals surface area contributed by atoms with Crippen LogP contribution < -0.4 is 0 Å². The van der Waals surface area contributed by atoms with Crippen LogP contribution in [0.25, 0.3) is 0 Å². The van der Waals surface area contributed by atoms with Crippen molar-refractivity contribution in [3.8, 4) is 5.75 Å². The van der Waals surface area contributed by atoms with Gasteiger partial charge in [0.1, 0.15) is 11.6 Å². The third-order valence-electron chi connectivity index (χ3n) is 1.57. The monoisotopic (exact) mass is 224 g/mol. The van der Waals surface area contributed by atoms with E-state index in [1.54, 1.807) is 0 Å². The molecule has 0 aliphatic carbocycles. The first-order chi connectivity index (χ1) is 5.82. The molecule has 1 N–H and O–H groups in total. The van der Waals surface area contributed by atoms with Crippen LogP contribution in [-0.4, -0.2) is 13.5 Å². The molecule has 0 fully saturated rings. The predicted octanol–water partition coefficient (Wildman–Crippen LogP) is 1.77. The fourth-order valence-corrected chi connectivity index (χ4v) is 1.54. The van der Waals surface area contributed by atoms with Gasteiger partial charge in [-0.25, -0.2) is 12.8 Å². The molecule has 0 spiro atoms. The molecule has 0 aliphatic rings.